The van der Waals surface area contributed by atoms with Crippen LogP contribution in [0.1, 0.15) is 24.5 Å². The third kappa shape index (κ3) is 6.24. The van der Waals surface area contributed by atoms with Crippen molar-refractivity contribution in [2.45, 2.75) is 31.6 Å². The highest BCUT2D eigenvalue weighted by molar-refractivity contribution is 7.99. The lowest BCUT2D eigenvalue weighted by Gasteiger charge is -2.34. The van der Waals surface area contributed by atoms with Crippen LogP contribution in [0.5, 0.6) is 0 Å². The van der Waals surface area contributed by atoms with Gasteiger partial charge in [-0.05, 0) is 43.2 Å². The average Bonchev–Trinajstić information content (AvgIpc) is 3.24. The zero-order chi connectivity index (χ0) is 22.3. The molecule has 2 heterocycles. The lowest BCUT2D eigenvalue weighted by atomic mass is 10.2. The lowest BCUT2D eigenvalue weighted by molar-refractivity contribution is -0.120. The van der Waals surface area contributed by atoms with Crippen molar-refractivity contribution in [2.75, 3.05) is 49.9 Å². The lowest BCUT2D eigenvalue weighted by Crippen LogP contribution is -2.48. The topological polar surface area (TPSA) is 48.5 Å². The Morgan fingerprint density at radius 2 is 1.91 bits per heavy atom. The van der Waals surface area contributed by atoms with E-state index in [4.69, 9.17) is 4.98 Å². The molecule has 0 spiro atoms. The number of carbonyl (C=O) groups is 1. The van der Waals surface area contributed by atoms with Gasteiger partial charge in [-0.1, -0.05) is 42.0 Å². The SMILES string of the molecule is CCc1ccc2nc(N3CCN(CCNC(=O)CCSc4ccc(C)cc4)CC3)sc2c1. The molecule has 5 nitrogen and oxygen atoms in total. The Morgan fingerprint density at radius 3 is 2.66 bits per heavy atom. The molecule has 1 saturated heterocycles. The van der Waals surface area contributed by atoms with Crippen molar-refractivity contribution in [1.82, 2.24) is 15.2 Å². The maximum absolute atomic E-state index is 12.1. The number of rotatable bonds is 9. The molecule has 0 atom stereocenters. The second-order valence-electron chi connectivity index (χ2n) is 8.24. The zero-order valence-electron chi connectivity index (χ0n) is 19.0. The number of anilines is 1. The van der Waals surface area contributed by atoms with Gasteiger partial charge in [-0.2, -0.15) is 0 Å². The number of hydrogen-bond acceptors (Lipinski definition) is 6. The number of hydrogen-bond donors (Lipinski definition) is 1. The predicted molar refractivity (Wildman–Crippen MR) is 137 cm³/mol. The van der Waals surface area contributed by atoms with Crippen LogP contribution in [0.4, 0.5) is 5.13 Å². The highest BCUT2D eigenvalue weighted by atomic mass is 32.2. The number of fused-ring (bicyclic) bond motifs is 1. The molecule has 0 bridgehead atoms. The first-order valence-corrected chi connectivity index (χ1v) is 13.2. The Morgan fingerprint density at radius 1 is 1.12 bits per heavy atom. The van der Waals surface area contributed by atoms with Crippen LogP contribution in [0.3, 0.4) is 0 Å². The number of thioether (sulfide) groups is 1. The fourth-order valence-electron chi connectivity index (χ4n) is 3.81. The van der Waals surface area contributed by atoms with Crippen LogP contribution in [-0.2, 0) is 11.2 Å². The normalized spacial score (nSPS) is 14.8. The van der Waals surface area contributed by atoms with Gasteiger partial charge in [0.1, 0.15) is 0 Å². The summed E-state index contributed by atoms with van der Waals surface area (Å²) < 4.78 is 1.28. The number of carbonyl (C=O) groups excluding carboxylic acids is 1. The highest BCUT2D eigenvalue weighted by Gasteiger charge is 2.19. The van der Waals surface area contributed by atoms with Crippen molar-refractivity contribution >= 4 is 44.4 Å². The molecule has 170 valence electrons. The summed E-state index contributed by atoms with van der Waals surface area (Å²) in [5.74, 6) is 0.958. The molecule has 4 rings (SSSR count). The summed E-state index contributed by atoms with van der Waals surface area (Å²) in [7, 11) is 0. The molecule has 3 aromatic rings. The Bertz CT molecular complexity index is 1030. The average molecular weight is 469 g/mol. The van der Waals surface area contributed by atoms with E-state index in [1.54, 1.807) is 23.1 Å². The first kappa shape index (κ1) is 23.1. The van der Waals surface area contributed by atoms with Gasteiger partial charge in [0.25, 0.3) is 0 Å². The summed E-state index contributed by atoms with van der Waals surface area (Å²) in [6.07, 6.45) is 1.62. The number of nitrogens with zero attached hydrogens (tertiary/aromatic N) is 3. The van der Waals surface area contributed by atoms with Crippen molar-refractivity contribution in [3.05, 3.63) is 53.6 Å². The molecular formula is C25H32N4OS2. The smallest absolute Gasteiger partial charge is 0.220 e. The van der Waals surface area contributed by atoms with E-state index in [1.807, 2.05) is 0 Å². The molecular weight excluding hydrogens is 436 g/mol. The number of aryl methyl sites for hydroxylation is 2. The van der Waals surface area contributed by atoms with E-state index < -0.39 is 0 Å². The Balaban J connectivity index is 1.14. The molecule has 0 unspecified atom stereocenters. The molecule has 1 aromatic heterocycles. The number of amides is 1. The second-order valence-corrected chi connectivity index (χ2v) is 10.4. The fraction of sp³-hybridized carbons (Fsp3) is 0.440. The van der Waals surface area contributed by atoms with Crippen LogP contribution < -0.4 is 10.2 Å². The highest BCUT2D eigenvalue weighted by Crippen LogP contribution is 2.30. The first-order valence-electron chi connectivity index (χ1n) is 11.4. The molecule has 2 aromatic carbocycles. The molecule has 0 saturated carbocycles. The van der Waals surface area contributed by atoms with Gasteiger partial charge >= 0.3 is 0 Å². The Hall–Kier alpha value is -2.09. The van der Waals surface area contributed by atoms with Crippen LogP contribution in [-0.4, -0.2) is 60.8 Å². The molecule has 32 heavy (non-hydrogen) atoms. The van der Waals surface area contributed by atoms with Gasteiger partial charge in [0.05, 0.1) is 10.2 Å². The van der Waals surface area contributed by atoms with Crippen LogP contribution in [0.15, 0.2) is 47.4 Å². The minimum Gasteiger partial charge on any atom is -0.355 e. The van der Waals surface area contributed by atoms with Crippen molar-refractivity contribution in [3.8, 4) is 0 Å². The van der Waals surface area contributed by atoms with Crippen molar-refractivity contribution in [1.29, 1.82) is 0 Å². The van der Waals surface area contributed by atoms with Crippen LogP contribution in [0.2, 0.25) is 0 Å². The molecule has 7 heteroatoms. The van der Waals surface area contributed by atoms with Crippen LogP contribution in [0.25, 0.3) is 10.2 Å². The summed E-state index contributed by atoms with van der Waals surface area (Å²) in [6, 6.07) is 15.1. The molecule has 1 N–H and O–H groups in total. The minimum atomic E-state index is 0.143. The van der Waals surface area contributed by atoms with E-state index in [0.29, 0.717) is 6.42 Å². The van der Waals surface area contributed by atoms with Crippen molar-refractivity contribution in [3.63, 3.8) is 0 Å². The van der Waals surface area contributed by atoms with E-state index in [0.717, 1.165) is 62.1 Å². The molecule has 1 aliphatic heterocycles. The summed E-state index contributed by atoms with van der Waals surface area (Å²) >= 11 is 3.54. The number of piperazine rings is 1. The standard InChI is InChI=1S/C25H32N4OS2/c1-3-20-6-9-22-23(18-20)32-25(27-22)29-15-13-28(14-16-29)12-11-26-24(30)10-17-31-21-7-4-19(2)5-8-21/h4-9,18H,3,10-17H2,1-2H3,(H,26,30). The van der Waals surface area contributed by atoms with Gasteiger partial charge in [0, 0.05) is 56.3 Å². The van der Waals surface area contributed by atoms with Gasteiger partial charge in [-0.3, -0.25) is 9.69 Å². The maximum Gasteiger partial charge on any atom is 0.220 e. The van der Waals surface area contributed by atoms with E-state index in [9.17, 15) is 4.79 Å². The van der Waals surface area contributed by atoms with E-state index in [-0.39, 0.29) is 5.91 Å². The van der Waals surface area contributed by atoms with Gasteiger partial charge < -0.3 is 10.2 Å². The molecule has 1 amide bonds. The second kappa shape index (κ2) is 11.2. The first-order chi connectivity index (χ1) is 15.6. The number of benzene rings is 2. The van der Waals surface area contributed by atoms with Crippen molar-refractivity contribution < 1.29 is 4.79 Å². The largest absolute Gasteiger partial charge is 0.355 e. The summed E-state index contributed by atoms with van der Waals surface area (Å²) in [5, 5.41) is 4.21. The summed E-state index contributed by atoms with van der Waals surface area (Å²) in [6.45, 7) is 9.90. The van der Waals surface area contributed by atoms with Crippen molar-refractivity contribution in [2.24, 2.45) is 0 Å². The third-order valence-corrected chi connectivity index (χ3v) is 7.95. The van der Waals surface area contributed by atoms with E-state index in [2.05, 4.69) is 71.4 Å². The third-order valence-electron chi connectivity index (χ3n) is 5.86. The zero-order valence-corrected chi connectivity index (χ0v) is 20.6. The van der Waals surface area contributed by atoms with Crippen LogP contribution in [0, 0.1) is 6.92 Å². The summed E-state index contributed by atoms with van der Waals surface area (Å²) in [4.78, 5) is 23.0. The van der Waals surface area contributed by atoms with Gasteiger partial charge in [0.2, 0.25) is 5.91 Å². The van der Waals surface area contributed by atoms with Crippen LogP contribution >= 0.6 is 23.1 Å². The monoisotopic (exact) mass is 468 g/mol. The number of nitrogens with one attached hydrogen (secondary N) is 1. The van der Waals surface area contributed by atoms with Gasteiger partial charge in [0.15, 0.2) is 5.13 Å². The van der Waals surface area contributed by atoms with Gasteiger partial charge in [-0.25, -0.2) is 4.98 Å². The number of thiazole rings is 1. The Labute approximate surface area is 199 Å². The maximum atomic E-state index is 12.1. The number of aromatic nitrogens is 1. The quantitative estimate of drug-likeness (QED) is 0.466. The van der Waals surface area contributed by atoms with Gasteiger partial charge in [-0.15, -0.1) is 11.8 Å². The fourth-order valence-corrected chi connectivity index (χ4v) is 5.75. The Kier molecular flexibility index (Phi) is 8.05. The van der Waals surface area contributed by atoms with E-state index >= 15 is 0 Å². The molecule has 1 fully saturated rings. The summed E-state index contributed by atoms with van der Waals surface area (Å²) in [5.41, 5.74) is 3.74. The molecule has 0 aliphatic carbocycles. The molecule has 0 radical (unpaired) electrons. The minimum absolute atomic E-state index is 0.143. The van der Waals surface area contributed by atoms with E-state index in [1.165, 1.54) is 20.7 Å². The predicted octanol–water partition coefficient (Wildman–Crippen LogP) is 4.59. The molecule has 1 aliphatic rings.